The van der Waals surface area contributed by atoms with E-state index in [4.69, 9.17) is 5.21 Å². The topological polar surface area (TPSA) is 133 Å². The zero-order valence-corrected chi connectivity index (χ0v) is 17.8. The van der Waals surface area contributed by atoms with E-state index in [-0.39, 0.29) is 10.5 Å². The van der Waals surface area contributed by atoms with Crippen LogP contribution in [0.25, 0.3) is 0 Å². The molecule has 2 atom stereocenters. The van der Waals surface area contributed by atoms with Gasteiger partial charge in [0.05, 0.1) is 4.90 Å². The van der Waals surface area contributed by atoms with Gasteiger partial charge in [0.1, 0.15) is 6.04 Å². The highest BCUT2D eigenvalue weighted by molar-refractivity contribution is 7.90. The number of hydrogen-bond donors (Lipinski definition) is 4. The first-order chi connectivity index (χ1) is 14.9. The van der Waals surface area contributed by atoms with Crippen molar-refractivity contribution >= 4 is 21.7 Å². The minimum atomic E-state index is -3.38. The molecule has 0 aromatic heterocycles. The Bertz CT molecular complexity index is 1150. The summed E-state index contributed by atoms with van der Waals surface area (Å²) in [4.78, 5) is 24.2. The van der Waals surface area contributed by atoms with Crippen LogP contribution in [-0.2, 0) is 14.6 Å². The van der Waals surface area contributed by atoms with Gasteiger partial charge in [0, 0.05) is 22.9 Å². The summed E-state index contributed by atoms with van der Waals surface area (Å²) >= 11 is 0. The number of benzene rings is 2. The molecule has 0 bridgehead atoms. The van der Waals surface area contributed by atoms with E-state index in [9.17, 15) is 31.9 Å². The van der Waals surface area contributed by atoms with Gasteiger partial charge in [-0.05, 0) is 55.5 Å². The summed E-state index contributed by atoms with van der Waals surface area (Å²) in [6.07, 6.45) is -2.28. The third kappa shape index (κ3) is 6.10. The molecule has 8 nitrogen and oxygen atoms in total. The van der Waals surface area contributed by atoms with E-state index in [2.05, 4.69) is 11.8 Å². The van der Waals surface area contributed by atoms with Crippen molar-refractivity contribution in [2.24, 2.45) is 0 Å². The number of carbonyl (C=O) groups excluding carboxylic acids is 2. The lowest BCUT2D eigenvalue weighted by atomic mass is 9.95. The quantitative estimate of drug-likeness (QED) is 0.286. The molecule has 32 heavy (non-hydrogen) atoms. The van der Waals surface area contributed by atoms with E-state index in [1.54, 1.807) is 12.1 Å². The molecule has 2 unspecified atom stereocenters. The average molecular weight is 466 g/mol. The first kappa shape index (κ1) is 24.9. The van der Waals surface area contributed by atoms with Crippen LogP contribution in [0.4, 0.5) is 8.78 Å². The number of amides is 2. The molecule has 11 heteroatoms. The molecule has 0 saturated heterocycles. The van der Waals surface area contributed by atoms with Crippen LogP contribution in [-0.4, -0.2) is 54.9 Å². The molecule has 0 aliphatic heterocycles. The number of hydrogen-bond acceptors (Lipinski definition) is 6. The van der Waals surface area contributed by atoms with Crippen LogP contribution in [0.15, 0.2) is 53.4 Å². The second kappa shape index (κ2) is 9.86. The summed E-state index contributed by atoms with van der Waals surface area (Å²) in [5.74, 6) is 3.31. The number of aliphatic hydroxyl groups is 1. The lowest BCUT2D eigenvalue weighted by Gasteiger charge is -2.30. The van der Waals surface area contributed by atoms with Crippen molar-refractivity contribution in [3.8, 4) is 11.8 Å². The minimum Gasteiger partial charge on any atom is -0.381 e. The first-order valence-electron chi connectivity index (χ1n) is 9.04. The number of nitrogens with one attached hydrogen (secondary N) is 2. The monoisotopic (exact) mass is 466 g/mol. The SMILES string of the molecule is CC(O)(C(F)F)C(NC(=O)c1ccc(C#Cc2ccc(S(C)(=O)=O)cc2)cc1)C(=O)NO. The Morgan fingerprint density at radius 1 is 1.00 bits per heavy atom. The smallest absolute Gasteiger partial charge is 0.269 e. The van der Waals surface area contributed by atoms with Crippen molar-refractivity contribution in [2.75, 3.05) is 6.26 Å². The highest BCUT2D eigenvalue weighted by Gasteiger charge is 2.46. The van der Waals surface area contributed by atoms with Gasteiger partial charge in [0.2, 0.25) is 0 Å². The molecule has 0 spiro atoms. The average Bonchev–Trinajstić information content (AvgIpc) is 2.75. The lowest BCUT2D eigenvalue weighted by Crippen LogP contribution is -2.61. The third-order valence-electron chi connectivity index (χ3n) is 4.45. The van der Waals surface area contributed by atoms with Crippen LogP contribution in [0.2, 0.25) is 0 Å². The third-order valence-corrected chi connectivity index (χ3v) is 5.58. The highest BCUT2D eigenvalue weighted by Crippen LogP contribution is 2.20. The number of hydroxylamine groups is 1. The van der Waals surface area contributed by atoms with Crippen LogP contribution < -0.4 is 10.8 Å². The largest absolute Gasteiger partial charge is 0.381 e. The molecular formula is C21H20F2N2O6S. The van der Waals surface area contributed by atoms with E-state index in [1.807, 2.05) is 5.32 Å². The molecule has 2 aromatic rings. The summed E-state index contributed by atoms with van der Waals surface area (Å²) in [7, 11) is -3.31. The minimum absolute atomic E-state index is 0.00568. The number of halogens is 2. The molecule has 170 valence electrons. The van der Waals surface area contributed by atoms with Gasteiger partial charge in [-0.2, -0.15) is 0 Å². The Morgan fingerprint density at radius 2 is 1.47 bits per heavy atom. The van der Waals surface area contributed by atoms with Gasteiger partial charge in [0.15, 0.2) is 15.4 Å². The van der Waals surface area contributed by atoms with Crippen molar-refractivity contribution in [2.45, 2.75) is 29.9 Å². The summed E-state index contributed by atoms with van der Waals surface area (Å²) in [6, 6.07) is 9.44. The normalized spacial score (nSPS) is 14.0. The maximum absolute atomic E-state index is 13.1. The molecule has 0 heterocycles. The number of carbonyl (C=O) groups is 2. The molecule has 0 aliphatic rings. The first-order valence-corrected chi connectivity index (χ1v) is 10.9. The van der Waals surface area contributed by atoms with Crippen molar-refractivity contribution in [1.82, 2.24) is 10.8 Å². The molecule has 0 saturated carbocycles. The maximum Gasteiger partial charge on any atom is 0.269 e. The fourth-order valence-corrected chi connectivity index (χ4v) is 3.15. The van der Waals surface area contributed by atoms with Gasteiger partial charge in [-0.3, -0.25) is 14.8 Å². The van der Waals surface area contributed by atoms with Crippen molar-refractivity contribution < 1.29 is 37.1 Å². The second-order valence-electron chi connectivity index (χ2n) is 7.03. The molecule has 2 rings (SSSR count). The second-order valence-corrected chi connectivity index (χ2v) is 9.05. The molecule has 0 aliphatic carbocycles. The van der Waals surface area contributed by atoms with E-state index in [0.29, 0.717) is 18.1 Å². The molecule has 0 radical (unpaired) electrons. The Morgan fingerprint density at radius 3 is 1.88 bits per heavy atom. The summed E-state index contributed by atoms with van der Waals surface area (Å²) in [5, 5.41) is 20.5. The zero-order chi connectivity index (χ0) is 24.1. The summed E-state index contributed by atoms with van der Waals surface area (Å²) in [6.45, 7) is 0.652. The van der Waals surface area contributed by atoms with Crippen LogP contribution in [0.1, 0.15) is 28.4 Å². The Labute approximate surface area is 183 Å². The predicted octanol–water partition coefficient (Wildman–Crippen LogP) is 1.11. The fraction of sp³-hybridized carbons (Fsp3) is 0.238. The molecule has 0 fully saturated rings. The van der Waals surface area contributed by atoms with E-state index in [1.165, 1.54) is 36.4 Å². The van der Waals surface area contributed by atoms with Gasteiger partial charge < -0.3 is 10.4 Å². The van der Waals surface area contributed by atoms with E-state index in [0.717, 1.165) is 11.7 Å². The van der Waals surface area contributed by atoms with Gasteiger partial charge in [-0.1, -0.05) is 11.8 Å². The standard InChI is InChI=1S/C21H20F2N2O6S/c1-21(28,20(22)23)17(19(27)25-29)24-18(26)15-9-5-13(6-10-15)3-4-14-7-11-16(12-8-14)32(2,30)31/h5-12,17,20,28-29H,1-2H3,(H,24,26)(H,25,27). The lowest BCUT2D eigenvalue weighted by molar-refractivity contribution is -0.149. The van der Waals surface area contributed by atoms with Crippen molar-refractivity contribution in [3.63, 3.8) is 0 Å². The van der Waals surface area contributed by atoms with Gasteiger partial charge in [-0.15, -0.1) is 0 Å². The zero-order valence-electron chi connectivity index (χ0n) is 17.0. The van der Waals surface area contributed by atoms with Crippen molar-refractivity contribution in [1.29, 1.82) is 0 Å². The Kier molecular flexibility index (Phi) is 7.69. The number of sulfone groups is 1. The Balaban J connectivity index is 2.16. The van der Waals surface area contributed by atoms with Crippen LogP contribution >= 0.6 is 0 Å². The van der Waals surface area contributed by atoms with E-state index >= 15 is 0 Å². The molecule has 4 N–H and O–H groups in total. The van der Waals surface area contributed by atoms with Crippen LogP contribution in [0.5, 0.6) is 0 Å². The molecule has 2 amide bonds. The number of alkyl halides is 2. The maximum atomic E-state index is 13.1. The fourth-order valence-electron chi connectivity index (χ4n) is 2.52. The number of rotatable bonds is 6. The van der Waals surface area contributed by atoms with Crippen LogP contribution in [0, 0.1) is 11.8 Å². The summed E-state index contributed by atoms with van der Waals surface area (Å²) in [5.41, 5.74) is -0.739. The highest BCUT2D eigenvalue weighted by atomic mass is 32.2. The molecule has 2 aromatic carbocycles. The predicted molar refractivity (Wildman–Crippen MR) is 110 cm³/mol. The van der Waals surface area contributed by atoms with Gasteiger partial charge in [0.25, 0.3) is 18.2 Å². The van der Waals surface area contributed by atoms with Crippen molar-refractivity contribution in [3.05, 3.63) is 65.2 Å². The van der Waals surface area contributed by atoms with Gasteiger partial charge in [-0.25, -0.2) is 22.7 Å². The summed E-state index contributed by atoms with van der Waals surface area (Å²) < 4.78 is 49.1. The Hall–Kier alpha value is -3.33. The van der Waals surface area contributed by atoms with Gasteiger partial charge >= 0.3 is 0 Å². The van der Waals surface area contributed by atoms with Crippen LogP contribution in [0.3, 0.4) is 0 Å². The van der Waals surface area contributed by atoms with E-state index < -0.39 is 39.7 Å². The molecular weight excluding hydrogens is 446 g/mol.